The standard InChI is InChI=1S/C26H23BrF6O6/c1-36-23(25(28,29)30,16-10-5-3-6-11-16)21(34)38-19-15-9-14-18(27)20(19)39-22(35)24(37-2,26(31,32)33)17-12-7-4-8-13-17/h3-8,10-14,19-20H,9,15H2,1-2H3/t19-,20-,23+,24+/m1/s1. The van der Waals surface area contributed by atoms with Crippen molar-refractivity contribution in [1.29, 1.82) is 0 Å². The summed E-state index contributed by atoms with van der Waals surface area (Å²) >= 11 is 3.08. The van der Waals surface area contributed by atoms with Gasteiger partial charge in [0.15, 0.2) is 6.10 Å². The molecular weight excluding hydrogens is 602 g/mol. The van der Waals surface area contributed by atoms with Crippen molar-refractivity contribution >= 4 is 27.9 Å². The quantitative estimate of drug-likeness (QED) is 0.261. The molecule has 3 rings (SSSR count). The van der Waals surface area contributed by atoms with E-state index in [9.17, 15) is 35.9 Å². The topological polar surface area (TPSA) is 71.1 Å². The van der Waals surface area contributed by atoms with Crippen molar-refractivity contribution in [3.8, 4) is 0 Å². The highest BCUT2D eigenvalue weighted by atomic mass is 79.9. The first-order chi connectivity index (χ1) is 18.3. The first-order valence-corrected chi connectivity index (χ1v) is 12.2. The summed E-state index contributed by atoms with van der Waals surface area (Å²) < 4.78 is 106. The minimum absolute atomic E-state index is 0.00474. The number of carbonyl (C=O) groups excluding carboxylic acids is 2. The third-order valence-electron chi connectivity index (χ3n) is 6.24. The molecule has 0 heterocycles. The lowest BCUT2D eigenvalue weighted by molar-refractivity contribution is -0.284. The molecule has 0 unspecified atom stereocenters. The summed E-state index contributed by atoms with van der Waals surface area (Å²) in [5.74, 6) is -3.78. The Bertz CT molecular complexity index is 1190. The average Bonchev–Trinajstić information content (AvgIpc) is 2.87. The smallest absolute Gasteiger partial charge is 0.432 e. The van der Waals surface area contributed by atoms with Crippen molar-refractivity contribution in [2.45, 2.75) is 48.6 Å². The largest absolute Gasteiger partial charge is 0.455 e. The van der Waals surface area contributed by atoms with Gasteiger partial charge in [0.25, 0.3) is 11.2 Å². The lowest BCUT2D eigenvalue weighted by Crippen LogP contribution is -2.55. The first kappa shape index (κ1) is 30.6. The summed E-state index contributed by atoms with van der Waals surface area (Å²) in [5, 5.41) is 0. The molecule has 0 aliphatic heterocycles. The Kier molecular flexibility index (Phi) is 9.18. The fourth-order valence-electron chi connectivity index (χ4n) is 4.28. The fraction of sp³-hybridized carbons (Fsp3) is 0.385. The molecule has 0 bridgehead atoms. The summed E-state index contributed by atoms with van der Waals surface area (Å²) in [7, 11) is 1.34. The molecule has 39 heavy (non-hydrogen) atoms. The number of allylic oxidation sites excluding steroid dienone is 1. The fourth-order valence-corrected chi connectivity index (χ4v) is 4.89. The van der Waals surface area contributed by atoms with Gasteiger partial charge in [0.2, 0.25) is 0 Å². The second-order valence-electron chi connectivity index (χ2n) is 8.43. The summed E-state index contributed by atoms with van der Waals surface area (Å²) in [5.41, 5.74) is -8.29. The molecule has 6 nitrogen and oxygen atoms in total. The highest BCUT2D eigenvalue weighted by Crippen LogP contribution is 2.46. The van der Waals surface area contributed by atoms with Gasteiger partial charge in [-0.05, 0) is 12.8 Å². The number of esters is 2. The van der Waals surface area contributed by atoms with Crippen molar-refractivity contribution in [2.24, 2.45) is 0 Å². The van der Waals surface area contributed by atoms with E-state index in [1.165, 1.54) is 42.5 Å². The number of methoxy groups -OCH3 is 2. The number of rotatable bonds is 8. The van der Waals surface area contributed by atoms with Crippen molar-refractivity contribution in [1.82, 2.24) is 0 Å². The zero-order chi connectivity index (χ0) is 29.1. The molecule has 1 aliphatic rings. The van der Waals surface area contributed by atoms with E-state index >= 15 is 0 Å². The molecule has 4 atom stereocenters. The third kappa shape index (κ3) is 5.57. The number of carbonyl (C=O) groups is 2. The van der Waals surface area contributed by atoms with Crippen LogP contribution in [-0.4, -0.2) is 50.7 Å². The number of ether oxygens (including phenoxy) is 4. The van der Waals surface area contributed by atoms with Gasteiger partial charge < -0.3 is 18.9 Å². The van der Waals surface area contributed by atoms with Gasteiger partial charge in [0.1, 0.15) is 6.10 Å². The maximum atomic E-state index is 14.3. The van der Waals surface area contributed by atoms with Crippen LogP contribution in [0.4, 0.5) is 26.3 Å². The Labute approximate surface area is 228 Å². The van der Waals surface area contributed by atoms with Crippen LogP contribution < -0.4 is 0 Å². The lowest BCUT2D eigenvalue weighted by atomic mass is 9.91. The van der Waals surface area contributed by atoms with Gasteiger partial charge in [-0.25, -0.2) is 9.59 Å². The van der Waals surface area contributed by atoms with E-state index in [2.05, 4.69) is 15.9 Å². The molecule has 212 valence electrons. The molecule has 1 aliphatic carbocycles. The molecule has 0 spiro atoms. The van der Waals surface area contributed by atoms with Crippen LogP contribution in [0.25, 0.3) is 0 Å². The predicted octanol–water partition coefficient (Wildman–Crippen LogP) is 6.09. The molecule has 0 N–H and O–H groups in total. The van der Waals surface area contributed by atoms with Crippen LogP contribution in [0.1, 0.15) is 24.0 Å². The third-order valence-corrected chi connectivity index (χ3v) is 7.01. The van der Waals surface area contributed by atoms with Gasteiger partial charge in [-0.3, -0.25) is 0 Å². The Morgan fingerprint density at radius 1 is 0.744 bits per heavy atom. The van der Waals surface area contributed by atoms with Crippen molar-refractivity contribution in [3.05, 3.63) is 82.3 Å². The van der Waals surface area contributed by atoms with Crippen molar-refractivity contribution in [3.63, 3.8) is 0 Å². The van der Waals surface area contributed by atoms with Crippen LogP contribution in [0.5, 0.6) is 0 Å². The summed E-state index contributed by atoms with van der Waals surface area (Å²) in [4.78, 5) is 26.3. The Morgan fingerprint density at radius 3 is 1.54 bits per heavy atom. The van der Waals surface area contributed by atoms with Crippen molar-refractivity contribution < 1.29 is 54.9 Å². The molecular formula is C26H23BrF6O6. The molecule has 0 radical (unpaired) electrons. The molecule has 0 aromatic heterocycles. The number of hydrogen-bond acceptors (Lipinski definition) is 6. The molecule has 0 fully saturated rings. The average molecular weight is 625 g/mol. The minimum atomic E-state index is -5.30. The van der Waals surface area contributed by atoms with Crippen LogP contribution >= 0.6 is 15.9 Å². The zero-order valence-electron chi connectivity index (χ0n) is 20.5. The summed E-state index contributed by atoms with van der Waals surface area (Å²) in [6, 6.07) is 12.0. The van der Waals surface area contributed by atoms with E-state index < -0.39 is 58.8 Å². The number of halogens is 7. The Morgan fingerprint density at radius 2 is 1.15 bits per heavy atom. The molecule has 0 amide bonds. The van der Waals surface area contributed by atoms with Crippen LogP contribution in [-0.2, 0) is 39.7 Å². The van der Waals surface area contributed by atoms with Gasteiger partial charge in [0, 0.05) is 29.8 Å². The van der Waals surface area contributed by atoms with E-state index in [1.807, 2.05) is 0 Å². The SMILES string of the molecule is CO[C@](C(=O)O[C@@H]1C(Br)=CCC[C@H]1OC(=O)[C@@](OC)(c1ccccc1)C(F)(F)F)(c1ccccc1)C(F)(F)F. The summed E-state index contributed by atoms with van der Waals surface area (Å²) in [6.07, 6.45) is -12.5. The monoisotopic (exact) mass is 624 g/mol. The molecule has 2 aromatic rings. The van der Waals surface area contributed by atoms with E-state index in [4.69, 9.17) is 18.9 Å². The van der Waals surface area contributed by atoms with Gasteiger partial charge in [-0.15, -0.1) is 0 Å². The maximum Gasteiger partial charge on any atom is 0.432 e. The normalized spacial score (nSPS) is 21.2. The van der Waals surface area contributed by atoms with Crippen LogP contribution in [0.15, 0.2) is 71.2 Å². The van der Waals surface area contributed by atoms with E-state index in [1.54, 1.807) is 0 Å². The Hall–Kier alpha value is -2.90. The molecule has 0 saturated heterocycles. The van der Waals surface area contributed by atoms with Gasteiger partial charge in [-0.2, -0.15) is 26.3 Å². The number of hydrogen-bond donors (Lipinski definition) is 0. The van der Waals surface area contributed by atoms with E-state index in [0.717, 1.165) is 24.3 Å². The predicted molar refractivity (Wildman–Crippen MR) is 128 cm³/mol. The van der Waals surface area contributed by atoms with Gasteiger partial charge in [-0.1, -0.05) is 82.7 Å². The lowest BCUT2D eigenvalue weighted by Gasteiger charge is -2.38. The number of benzene rings is 2. The Balaban J connectivity index is 1.99. The highest BCUT2D eigenvalue weighted by Gasteiger charge is 2.66. The number of alkyl halides is 6. The van der Waals surface area contributed by atoms with Crippen LogP contribution in [0.3, 0.4) is 0 Å². The first-order valence-electron chi connectivity index (χ1n) is 11.4. The highest BCUT2D eigenvalue weighted by molar-refractivity contribution is 9.11. The van der Waals surface area contributed by atoms with Crippen molar-refractivity contribution in [2.75, 3.05) is 14.2 Å². The maximum absolute atomic E-state index is 14.3. The van der Waals surface area contributed by atoms with Gasteiger partial charge >= 0.3 is 24.3 Å². The van der Waals surface area contributed by atoms with E-state index in [-0.39, 0.29) is 17.3 Å². The molecule has 13 heteroatoms. The minimum Gasteiger partial charge on any atom is -0.455 e. The van der Waals surface area contributed by atoms with Crippen LogP contribution in [0.2, 0.25) is 0 Å². The second kappa shape index (κ2) is 11.7. The summed E-state index contributed by atoms with van der Waals surface area (Å²) in [6.45, 7) is 0. The zero-order valence-corrected chi connectivity index (χ0v) is 22.1. The molecule has 0 saturated carbocycles. The van der Waals surface area contributed by atoms with Gasteiger partial charge in [0.05, 0.1) is 0 Å². The van der Waals surface area contributed by atoms with E-state index in [0.29, 0.717) is 14.2 Å². The second-order valence-corrected chi connectivity index (χ2v) is 9.35. The van der Waals surface area contributed by atoms with Crippen LogP contribution in [0, 0.1) is 0 Å². The molecule has 2 aromatic carbocycles.